The Kier molecular flexibility index (Phi) is 19.6. The maximum absolute atomic E-state index is 11.4. The van der Waals surface area contributed by atoms with Crippen LogP contribution in [0.3, 0.4) is 0 Å². The van der Waals surface area contributed by atoms with Crippen LogP contribution >= 0.6 is 63.1 Å². The van der Waals surface area contributed by atoms with Crippen molar-refractivity contribution >= 4 is 93.0 Å². The lowest BCUT2D eigenvalue weighted by Gasteiger charge is -2.31. The van der Waals surface area contributed by atoms with Gasteiger partial charge in [-0.05, 0) is 0 Å². The summed E-state index contributed by atoms with van der Waals surface area (Å²) in [6, 6.07) is 0. The van der Waals surface area contributed by atoms with Gasteiger partial charge < -0.3 is 24.1 Å². The number of carboxylic acid groups (broad SMARTS) is 1. The van der Waals surface area contributed by atoms with Crippen molar-refractivity contribution in [2.45, 2.75) is 0 Å². The number of ether oxygens (including phenoxy) is 4. The predicted octanol–water partition coefficient (Wildman–Crippen LogP) is -0.134. The molecule has 0 heterocycles. The highest BCUT2D eigenvalue weighted by Gasteiger charge is 2.37. The van der Waals surface area contributed by atoms with Gasteiger partial charge in [0.15, 0.2) is 0 Å². The maximum Gasteiger partial charge on any atom is 0.315 e. The molecule has 0 aliphatic heterocycles. The highest BCUT2D eigenvalue weighted by atomic mass is 32.1. The Labute approximate surface area is 201 Å². The third-order valence-corrected chi connectivity index (χ3v) is 4.11. The Morgan fingerprint density at radius 3 is 0.867 bits per heavy atom. The molecule has 0 spiro atoms. The van der Waals surface area contributed by atoms with Gasteiger partial charge in [0.25, 0.3) is 0 Å². The average molecular weight is 525 g/mol. The minimum Gasteiger partial charge on any atom is -0.481 e. The number of carbonyl (C=O) groups is 5. The van der Waals surface area contributed by atoms with Gasteiger partial charge in [-0.2, -0.15) is 63.1 Å². The van der Waals surface area contributed by atoms with Gasteiger partial charge in [0.05, 0.1) is 28.8 Å². The molecule has 0 amide bonds. The van der Waals surface area contributed by atoms with Crippen LogP contribution in [0.2, 0.25) is 0 Å². The van der Waals surface area contributed by atoms with Gasteiger partial charge in [-0.25, -0.2) is 0 Å². The van der Waals surface area contributed by atoms with Gasteiger partial charge in [0.2, 0.25) is 0 Å². The van der Waals surface area contributed by atoms with Crippen LogP contribution in [0, 0.1) is 5.41 Å². The first-order valence-electron chi connectivity index (χ1n) is 7.98. The summed E-state index contributed by atoms with van der Waals surface area (Å²) in [5, 5.41) is 7.65. The molecule has 0 unspecified atom stereocenters. The van der Waals surface area contributed by atoms with Crippen LogP contribution in [0.25, 0.3) is 0 Å². The molecular weight excluding hydrogens is 500 g/mol. The Hall–Kier alpha value is -0.900. The molecule has 0 bridgehead atoms. The Balaban J connectivity index is 0. The number of hydrogen-bond donors (Lipinski definition) is 6. The minimum absolute atomic E-state index is 0.0833. The summed E-state index contributed by atoms with van der Waals surface area (Å²) in [6.45, 7) is -1.31. The maximum atomic E-state index is 11.4. The third kappa shape index (κ3) is 16.8. The third-order valence-electron chi connectivity index (χ3n) is 2.81. The molecule has 0 rings (SSSR count). The zero-order valence-corrected chi connectivity index (χ0v) is 20.2. The van der Waals surface area contributed by atoms with Crippen molar-refractivity contribution < 1.29 is 48.0 Å². The second kappa shape index (κ2) is 18.8. The fourth-order valence-corrected chi connectivity index (χ4v) is 1.73. The van der Waals surface area contributed by atoms with Gasteiger partial charge >= 0.3 is 29.8 Å². The van der Waals surface area contributed by atoms with Crippen LogP contribution in [0.15, 0.2) is 0 Å². The summed E-state index contributed by atoms with van der Waals surface area (Å²) in [6.07, 6.45) is 0. The van der Waals surface area contributed by atoms with Gasteiger partial charge in [-0.15, -0.1) is 0 Å². The summed E-state index contributed by atoms with van der Waals surface area (Å²) < 4.78 is 20.0. The molecule has 0 fully saturated rings. The molecule has 0 atom stereocenters. The highest BCUT2D eigenvalue weighted by Crippen LogP contribution is 2.21. The zero-order chi connectivity index (χ0) is 23.6. The lowest BCUT2D eigenvalue weighted by Crippen LogP contribution is -2.44. The van der Waals surface area contributed by atoms with Crippen LogP contribution < -0.4 is 0 Å². The molecule has 0 aromatic carbocycles. The first kappa shape index (κ1) is 31.3. The van der Waals surface area contributed by atoms with Crippen LogP contribution in [0.5, 0.6) is 0 Å². The van der Waals surface area contributed by atoms with E-state index < -0.39 is 35.3 Å². The lowest BCUT2D eigenvalue weighted by atomic mass is 9.92. The van der Waals surface area contributed by atoms with Crippen molar-refractivity contribution in [2.24, 2.45) is 5.41 Å². The van der Waals surface area contributed by atoms with E-state index in [1.807, 2.05) is 0 Å². The fraction of sp³-hybridized carbons (Fsp3) is 0.667. The Morgan fingerprint density at radius 1 is 0.533 bits per heavy atom. The second-order valence-electron chi connectivity index (χ2n) is 5.33. The molecular formula is C15H24O10S5. The summed E-state index contributed by atoms with van der Waals surface area (Å²) >= 11 is 18.6. The number of thiol groups is 5. The van der Waals surface area contributed by atoms with Crippen molar-refractivity contribution in [3.8, 4) is 0 Å². The predicted molar refractivity (Wildman–Crippen MR) is 123 cm³/mol. The molecule has 0 aromatic heterocycles. The van der Waals surface area contributed by atoms with E-state index in [0.29, 0.717) is 0 Å². The van der Waals surface area contributed by atoms with Crippen LogP contribution in [0.1, 0.15) is 0 Å². The molecule has 0 aliphatic rings. The van der Waals surface area contributed by atoms with Crippen LogP contribution in [-0.4, -0.2) is 90.1 Å². The minimum atomic E-state index is -1.28. The highest BCUT2D eigenvalue weighted by molar-refractivity contribution is 7.81. The monoisotopic (exact) mass is 524 g/mol. The summed E-state index contributed by atoms with van der Waals surface area (Å²) in [5.41, 5.74) is -1.28. The SMILES string of the molecule is O=C(CS)OCC(COC(=O)CS)(COC(=O)CS)COC(=O)CS.O=C(O)CS. The van der Waals surface area contributed by atoms with Gasteiger partial charge in [0.1, 0.15) is 31.8 Å². The van der Waals surface area contributed by atoms with Crippen molar-refractivity contribution in [1.29, 1.82) is 0 Å². The molecule has 0 saturated heterocycles. The lowest BCUT2D eigenvalue weighted by molar-refractivity contribution is -0.167. The second-order valence-corrected chi connectivity index (χ2v) is 6.91. The summed E-state index contributed by atoms with van der Waals surface area (Å²) in [5.74, 6) is -4.27. The summed E-state index contributed by atoms with van der Waals surface area (Å²) in [4.78, 5) is 54.8. The zero-order valence-electron chi connectivity index (χ0n) is 15.7. The number of esters is 4. The molecule has 10 nitrogen and oxygen atoms in total. The van der Waals surface area contributed by atoms with E-state index >= 15 is 0 Å². The van der Waals surface area contributed by atoms with E-state index in [9.17, 15) is 24.0 Å². The van der Waals surface area contributed by atoms with Crippen LogP contribution in [0.4, 0.5) is 0 Å². The largest absolute Gasteiger partial charge is 0.481 e. The number of carbonyl (C=O) groups excluding carboxylic acids is 4. The number of rotatable bonds is 13. The van der Waals surface area contributed by atoms with Gasteiger partial charge in [-0.1, -0.05) is 0 Å². The van der Waals surface area contributed by atoms with E-state index in [2.05, 4.69) is 63.1 Å². The molecule has 174 valence electrons. The van der Waals surface area contributed by atoms with Gasteiger partial charge in [-0.3, -0.25) is 24.0 Å². The molecule has 0 saturated carbocycles. The first-order valence-corrected chi connectivity index (χ1v) is 11.1. The normalized spacial score (nSPS) is 10.2. The van der Waals surface area contributed by atoms with E-state index in [0.717, 1.165) is 0 Å². The summed E-state index contributed by atoms with van der Waals surface area (Å²) in [7, 11) is 0. The van der Waals surface area contributed by atoms with E-state index in [1.54, 1.807) is 0 Å². The number of hydrogen-bond acceptors (Lipinski definition) is 14. The topological polar surface area (TPSA) is 142 Å². The van der Waals surface area contributed by atoms with E-state index in [-0.39, 0.29) is 55.2 Å². The average Bonchev–Trinajstić information content (AvgIpc) is 2.76. The molecule has 0 aliphatic carbocycles. The number of aliphatic carboxylic acids is 1. The quantitative estimate of drug-likeness (QED) is 0.110. The Bertz CT molecular complexity index is 487. The smallest absolute Gasteiger partial charge is 0.315 e. The molecule has 30 heavy (non-hydrogen) atoms. The molecule has 15 heteroatoms. The molecule has 0 radical (unpaired) electrons. The standard InChI is InChI=1S/C13H20O8S4.C2H4O2S/c14-9(1-22)18-5-13(6-19-10(15)2-23,7-20-11(16)3-24)8-21-12(17)4-25;3-2(4)1-5/h22-25H,1-8H2;5H,1H2,(H,3,4). The van der Waals surface area contributed by atoms with Gasteiger partial charge in [0, 0.05) is 0 Å². The number of carboxylic acids is 1. The van der Waals surface area contributed by atoms with Crippen LogP contribution in [-0.2, 0) is 42.9 Å². The fourth-order valence-electron chi connectivity index (χ4n) is 1.37. The van der Waals surface area contributed by atoms with Crippen molar-refractivity contribution in [3.05, 3.63) is 0 Å². The molecule has 0 aromatic rings. The van der Waals surface area contributed by atoms with E-state index in [1.165, 1.54) is 0 Å². The molecule has 1 N–H and O–H groups in total. The van der Waals surface area contributed by atoms with Crippen molar-refractivity contribution in [3.63, 3.8) is 0 Å². The van der Waals surface area contributed by atoms with E-state index in [4.69, 9.17) is 24.1 Å². The Morgan fingerprint density at radius 2 is 0.733 bits per heavy atom. The van der Waals surface area contributed by atoms with Crippen molar-refractivity contribution in [1.82, 2.24) is 0 Å². The van der Waals surface area contributed by atoms with Crippen molar-refractivity contribution in [2.75, 3.05) is 55.2 Å². The first-order chi connectivity index (χ1) is 14.1.